The Morgan fingerprint density at radius 3 is 1.50 bits per heavy atom. The molecule has 0 aromatic rings. The molecule has 0 spiro atoms. The maximum atomic E-state index is 11.3. The zero-order chi connectivity index (χ0) is 18.0. The van der Waals surface area contributed by atoms with Crippen molar-refractivity contribution in [3.05, 3.63) is 12.2 Å². The van der Waals surface area contributed by atoms with Gasteiger partial charge in [-0.05, 0) is 26.2 Å². The molecule has 0 heterocycles. The highest BCUT2D eigenvalue weighted by Gasteiger charge is 2.03. The van der Waals surface area contributed by atoms with Gasteiger partial charge in [0.25, 0.3) is 0 Å². The highest BCUT2D eigenvalue weighted by Crippen LogP contribution is 2.13. The van der Waals surface area contributed by atoms with Crippen molar-refractivity contribution in [3.8, 4) is 0 Å². The zero-order valence-electron chi connectivity index (χ0n) is 15.6. The molecule has 0 saturated carbocycles. The van der Waals surface area contributed by atoms with Gasteiger partial charge in [-0.15, -0.1) is 6.58 Å². The van der Waals surface area contributed by atoms with Crippen LogP contribution in [-0.4, -0.2) is 23.5 Å². The fraction of sp³-hybridized carbons (Fsp3) is 0.800. The molecule has 4 heteroatoms. The zero-order valence-corrected chi connectivity index (χ0v) is 15.6. The largest absolute Gasteiger partial charge is 0.480 e. The second-order valence-electron chi connectivity index (χ2n) is 6.87. The maximum absolute atomic E-state index is 11.3. The van der Waals surface area contributed by atoms with Gasteiger partial charge in [0.05, 0.1) is 0 Å². The number of nitrogens with one attached hydrogen (secondary N) is 1. The minimum Gasteiger partial charge on any atom is -0.480 e. The highest BCUT2D eigenvalue weighted by atomic mass is 16.4. The summed E-state index contributed by atoms with van der Waals surface area (Å²) in [5, 5.41) is 10.8. The average Bonchev–Trinajstić information content (AvgIpc) is 2.52. The van der Waals surface area contributed by atoms with Crippen molar-refractivity contribution in [1.82, 2.24) is 5.32 Å². The van der Waals surface area contributed by atoms with Crippen LogP contribution in [0.4, 0.5) is 0 Å². The molecule has 24 heavy (non-hydrogen) atoms. The van der Waals surface area contributed by atoms with Crippen molar-refractivity contribution in [2.24, 2.45) is 0 Å². The topological polar surface area (TPSA) is 66.4 Å². The SMILES string of the molecule is C=C(C)CCCCCCCCCCCCCCC(=O)NCC(=O)O. The summed E-state index contributed by atoms with van der Waals surface area (Å²) in [4.78, 5) is 21.6. The number of amides is 1. The molecule has 0 unspecified atom stereocenters. The Hall–Kier alpha value is -1.32. The molecule has 0 fully saturated rings. The van der Waals surface area contributed by atoms with Gasteiger partial charge in [0.2, 0.25) is 5.91 Å². The second kappa shape index (κ2) is 16.5. The van der Waals surface area contributed by atoms with E-state index in [2.05, 4.69) is 18.8 Å². The van der Waals surface area contributed by atoms with Crippen molar-refractivity contribution >= 4 is 11.9 Å². The third-order valence-corrected chi connectivity index (χ3v) is 4.19. The first-order valence-corrected chi connectivity index (χ1v) is 9.65. The molecule has 0 aliphatic heterocycles. The van der Waals surface area contributed by atoms with E-state index in [0.717, 1.165) is 12.8 Å². The summed E-state index contributed by atoms with van der Waals surface area (Å²) in [6.07, 6.45) is 16.6. The minimum atomic E-state index is -0.991. The number of carboxylic acids is 1. The van der Waals surface area contributed by atoms with Crippen LogP contribution in [0.15, 0.2) is 12.2 Å². The normalized spacial score (nSPS) is 10.5. The van der Waals surface area contributed by atoms with E-state index in [1.165, 1.54) is 76.2 Å². The summed E-state index contributed by atoms with van der Waals surface area (Å²) in [5.74, 6) is -1.14. The first-order chi connectivity index (χ1) is 11.5. The van der Waals surface area contributed by atoms with Crippen molar-refractivity contribution in [3.63, 3.8) is 0 Å². The fourth-order valence-corrected chi connectivity index (χ4v) is 2.74. The van der Waals surface area contributed by atoms with Crippen LogP contribution in [-0.2, 0) is 9.59 Å². The first-order valence-electron chi connectivity index (χ1n) is 9.65. The van der Waals surface area contributed by atoms with Crippen LogP contribution < -0.4 is 5.32 Å². The smallest absolute Gasteiger partial charge is 0.322 e. The number of hydrogen-bond donors (Lipinski definition) is 2. The summed E-state index contributed by atoms with van der Waals surface area (Å²) in [6.45, 7) is 5.77. The lowest BCUT2D eigenvalue weighted by Crippen LogP contribution is -2.28. The van der Waals surface area contributed by atoms with Crippen LogP contribution in [0.1, 0.15) is 96.8 Å². The van der Waals surface area contributed by atoms with Gasteiger partial charge in [-0.1, -0.05) is 69.8 Å². The van der Waals surface area contributed by atoms with E-state index < -0.39 is 5.97 Å². The van der Waals surface area contributed by atoms with E-state index in [9.17, 15) is 9.59 Å². The molecule has 0 aliphatic carbocycles. The summed E-state index contributed by atoms with van der Waals surface area (Å²) < 4.78 is 0. The molecule has 0 aromatic carbocycles. The Labute approximate surface area is 148 Å². The molecule has 0 rings (SSSR count). The van der Waals surface area contributed by atoms with E-state index >= 15 is 0 Å². The van der Waals surface area contributed by atoms with E-state index in [1.54, 1.807) is 0 Å². The van der Waals surface area contributed by atoms with Crippen LogP contribution in [0, 0.1) is 0 Å². The monoisotopic (exact) mass is 339 g/mol. The third-order valence-electron chi connectivity index (χ3n) is 4.19. The number of aliphatic carboxylic acids is 1. The van der Waals surface area contributed by atoms with Gasteiger partial charge in [-0.25, -0.2) is 0 Å². The average molecular weight is 340 g/mol. The Balaban J connectivity index is 3.13. The van der Waals surface area contributed by atoms with E-state index in [0.29, 0.717) is 6.42 Å². The lowest BCUT2D eigenvalue weighted by atomic mass is 10.0. The van der Waals surface area contributed by atoms with E-state index in [1.807, 2.05) is 0 Å². The fourth-order valence-electron chi connectivity index (χ4n) is 2.74. The lowest BCUT2D eigenvalue weighted by molar-refractivity contribution is -0.137. The molecule has 0 atom stereocenters. The number of carbonyl (C=O) groups is 2. The maximum Gasteiger partial charge on any atom is 0.322 e. The van der Waals surface area contributed by atoms with Crippen molar-refractivity contribution < 1.29 is 14.7 Å². The number of hydrogen-bond acceptors (Lipinski definition) is 2. The van der Waals surface area contributed by atoms with E-state index in [-0.39, 0.29) is 12.5 Å². The van der Waals surface area contributed by atoms with Crippen LogP contribution in [0.3, 0.4) is 0 Å². The summed E-state index contributed by atoms with van der Waals surface area (Å²) in [5.41, 5.74) is 1.30. The molecule has 1 amide bonds. The van der Waals surface area contributed by atoms with Gasteiger partial charge in [0, 0.05) is 6.42 Å². The number of carboxylic acid groups (broad SMARTS) is 1. The molecule has 0 aliphatic rings. The van der Waals surface area contributed by atoms with Gasteiger partial charge in [0.15, 0.2) is 0 Å². The van der Waals surface area contributed by atoms with Gasteiger partial charge in [0.1, 0.15) is 6.54 Å². The summed E-state index contributed by atoms with van der Waals surface area (Å²) in [7, 11) is 0. The number of carbonyl (C=O) groups excluding carboxylic acids is 1. The van der Waals surface area contributed by atoms with Crippen LogP contribution in [0.5, 0.6) is 0 Å². The highest BCUT2D eigenvalue weighted by molar-refractivity contribution is 5.80. The standard InChI is InChI=1S/C20H37NO3/c1-18(2)15-13-11-9-7-5-3-4-6-8-10-12-14-16-19(22)21-17-20(23)24/h1,3-17H2,2H3,(H,21,22)(H,23,24). The molecule has 0 bridgehead atoms. The molecule has 0 radical (unpaired) electrons. The first kappa shape index (κ1) is 22.7. The van der Waals surface area contributed by atoms with Crippen LogP contribution in [0.2, 0.25) is 0 Å². The van der Waals surface area contributed by atoms with Crippen LogP contribution in [0.25, 0.3) is 0 Å². The molecule has 2 N–H and O–H groups in total. The number of unbranched alkanes of at least 4 members (excludes halogenated alkanes) is 11. The van der Waals surface area contributed by atoms with Crippen LogP contribution >= 0.6 is 0 Å². The van der Waals surface area contributed by atoms with Crippen molar-refractivity contribution in [2.75, 3.05) is 6.54 Å². The van der Waals surface area contributed by atoms with Gasteiger partial charge < -0.3 is 10.4 Å². The molecule has 0 saturated heterocycles. The van der Waals surface area contributed by atoms with E-state index in [4.69, 9.17) is 5.11 Å². The lowest BCUT2D eigenvalue weighted by Gasteiger charge is -2.04. The summed E-state index contributed by atoms with van der Waals surface area (Å²) in [6, 6.07) is 0. The third kappa shape index (κ3) is 18.7. The molecule has 140 valence electrons. The molecular formula is C20H37NO3. The predicted molar refractivity (Wildman–Crippen MR) is 100 cm³/mol. The quantitative estimate of drug-likeness (QED) is 0.282. The Bertz CT molecular complexity index is 353. The Morgan fingerprint density at radius 1 is 0.750 bits per heavy atom. The summed E-state index contributed by atoms with van der Waals surface area (Å²) >= 11 is 0. The Morgan fingerprint density at radius 2 is 1.12 bits per heavy atom. The molecule has 4 nitrogen and oxygen atoms in total. The predicted octanol–water partition coefficient (Wildman–Crippen LogP) is 5.22. The Kier molecular flexibility index (Phi) is 15.6. The van der Waals surface area contributed by atoms with Gasteiger partial charge in [-0.3, -0.25) is 9.59 Å². The van der Waals surface area contributed by atoms with Gasteiger partial charge in [-0.2, -0.15) is 0 Å². The minimum absolute atomic E-state index is 0.152. The van der Waals surface area contributed by atoms with Gasteiger partial charge >= 0.3 is 5.97 Å². The molecule has 0 aromatic heterocycles. The van der Waals surface area contributed by atoms with Crippen molar-refractivity contribution in [1.29, 1.82) is 0 Å². The number of rotatable bonds is 17. The molecular weight excluding hydrogens is 302 g/mol. The van der Waals surface area contributed by atoms with Crippen molar-refractivity contribution in [2.45, 2.75) is 96.8 Å². The number of allylic oxidation sites excluding steroid dienone is 1. The second-order valence-corrected chi connectivity index (χ2v) is 6.87.